The maximum Gasteiger partial charge on any atom is 0.312 e. The topological polar surface area (TPSA) is 51.0 Å². The van der Waals surface area contributed by atoms with Crippen LogP contribution < -0.4 is 17.3 Å². The number of ether oxygens (including phenoxy) is 1. The van der Waals surface area contributed by atoms with Crippen LogP contribution in [0.15, 0.2) is 0 Å². The van der Waals surface area contributed by atoms with E-state index in [1.807, 2.05) is 0 Å². The molecule has 0 aromatic heterocycles. The summed E-state index contributed by atoms with van der Waals surface area (Å²) in [4.78, 5) is 14.2. The van der Waals surface area contributed by atoms with Crippen molar-refractivity contribution in [3.05, 3.63) is 0 Å². The van der Waals surface area contributed by atoms with Gasteiger partial charge < -0.3 is 27.2 Å². The highest BCUT2D eigenvalue weighted by Crippen LogP contribution is 2.34. The number of carbonyl (C=O) groups excluding carboxylic acids is 1. The normalized spacial score (nSPS) is 17.6. The summed E-state index contributed by atoms with van der Waals surface area (Å²) < 4.78 is 5.62. The van der Waals surface area contributed by atoms with Gasteiger partial charge in [-0.15, -0.1) is 0 Å². The number of aliphatic hydroxyl groups excluding tert-OH is 1. The molecule has 0 amide bonds. The van der Waals surface area contributed by atoms with Crippen LogP contribution in [-0.4, -0.2) is 43.4 Å². The number of unbranched alkanes of at least 4 members (excludes halogenated alkanes) is 3. The first kappa shape index (κ1) is 25.7. The van der Waals surface area contributed by atoms with Crippen molar-refractivity contribution in [2.24, 2.45) is 11.8 Å². The molecular weight excluding hydrogens is 350 g/mol. The molecule has 0 aliphatic heterocycles. The lowest BCUT2D eigenvalue weighted by Gasteiger charge is -2.32. The predicted molar refractivity (Wildman–Crippen MR) is 103 cm³/mol. The SMILES string of the molecule is CCCCCCC(O)C(C(=O)OCC[NH+](CC)CC)C1CCCCC1.[Cl-]. The molecule has 2 unspecified atom stereocenters. The van der Waals surface area contributed by atoms with Crippen LogP contribution in [0.4, 0.5) is 0 Å². The van der Waals surface area contributed by atoms with Gasteiger partial charge in [-0.05, 0) is 39.0 Å². The molecule has 1 fully saturated rings. The molecule has 0 aromatic carbocycles. The molecule has 4 nitrogen and oxygen atoms in total. The van der Waals surface area contributed by atoms with Crippen molar-refractivity contribution in [2.45, 2.75) is 91.1 Å². The third-order valence-corrected chi connectivity index (χ3v) is 5.90. The average molecular weight is 392 g/mol. The molecule has 0 saturated heterocycles. The number of esters is 1. The smallest absolute Gasteiger partial charge is 0.312 e. The minimum Gasteiger partial charge on any atom is -1.00 e. The number of carbonyl (C=O) groups is 1. The summed E-state index contributed by atoms with van der Waals surface area (Å²) in [5.41, 5.74) is 0. The summed E-state index contributed by atoms with van der Waals surface area (Å²) in [5, 5.41) is 10.7. The van der Waals surface area contributed by atoms with Gasteiger partial charge in [0.1, 0.15) is 13.2 Å². The molecule has 2 N–H and O–H groups in total. The summed E-state index contributed by atoms with van der Waals surface area (Å²) in [7, 11) is 0. The average Bonchev–Trinajstić information content (AvgIpc) is 2.63. The van der Waals surface area contributed by atoms with Crippen molar-refractivity contribution in [3.8, 4) is 0 Å². The summed E-state index contributed by atoms with van der Waals surface area (Å²) >= 11 is 0. The number of rotatable bonds is 13. The molecule has 5 heteroatoms. The van der Waals surface area contributed by atoms with Crippen LogP contribution in [0.1, 0.15) is 85.0 Å². The van der Waals surface area contributed by atoms with E-state index in [0.717, 1.165) is 51.7 Å². The van der Waals surface area contributed by atoms with Gasteiger partial charge in [-0.1, -0.05) is 51.9 Å². The molecule has 1 rings (SSSR count). The Bertz CT molecular complexity index is 344. The van der Waals surface area contributed by atoms with E-state index >= 15 is 0 Å². The maximum absolute atomic E-state index is 12.7. The standard InChI is InChI=1S/C21H41NO3.ClH/c1-4-7-8-12-15-19(23)20(18-13-10-9-11-14-18)21(24)25-17-16-22(5-2)6-3;/h18-20,23H,4-17H2,1-3H3;1H. The Morgan fingerprint density at radius 3 is 2.31 bits per heavy atom. The second-order valence-corrected chi connectivity index (χ2v) is 7.72. The van der Waals surface area contributed by atoms with Crippen LogP contribution in [0, 0.1) is 11.8 Å². The molecule has 0 radical (unpaired) electrons. The molecule has 1 aliphatic carbocycles. The van der Waals surface area contributed by atoms with Crippen molar-refractivity contribution >= 4 is 5.97 Å². The van der Waals surface area contributed by atoms with Crippen LogP contribution in [0.3, 0.4) is 0 Å². The molecule has 156 valence electrons. The van der Waals surface area contributed by atoms with Crippen LogP contribution in [0.5, 0.6) is 0 Å². The molecule has 26 heavy (non-hydrogen) atoms. The molecule has 1 aliphatic rings. The lowest BCUT2D eigenvalue weighted by Crippen LogP contribution is -3.11. The van der Waals surface area contributed by atoms with E-state index in [1.165, 1.54) is 37.0 Å². The summed E-state index contributed by atoms with van der Waals surface area (Å²) in [6.45, 7) is 9.96. The maximum atomic E-state index is 12.7. The second-order valence-electron chi connectivity index (χ2n) is 7.72. The van der Waals surface area contributed by atoms with E-state index in [-0.39, 0.29) is 24.3 Å². The van der Waals surface area contributed by atoms with Gasteiger partial charge in [0.2, 0.25) is 0 Å². The summed E-state index contributed by atoms with van der Waals surface area (Å²) in [5.74, 6) is -0.154. The number of hydrogen-bond acceptors (Lipinski definition) is 3. The molecule has 0 spiro atoms. The zero-order chi connectivity index (χ0) is 18.5. The Labute approximate surface area is 167 Å². The number of hydrogen-bond donors (Lipinski definition) is 2. The van der Waals surface area contributed by atoms with Crippen LogP contribution in [-0.2, 0) is 9.53 Å². The number of quaternary nitrogens is 1. The van der Waals surface area contributed by atoms with E-state index in [9.17, 15) is 9.90 Å². The number of likely N-dealkylation sites (N-methyl/N-ethyl adjacent to an activating group) is 1. The van der Waals surface area contributed by atoms with Gasteiger partial charge >= 0.3 is 5.97 Å². The number of aliphatic hydroxyl groups is 1. The molecule has 2 atom stereocenters. The van der Waals surface area contributed by atoms with E-state index in [0.29, 0.717) is 12.5 Å². The fourth-order valence-electron chi connectivity index (χ4n) is 4.11. The van der Waals surface area contributed by atoms with Gasteiger partial charge in [-0.3, -0.25) is 4.79 Å². The Morgan fingerprint density at radius 1 is 1.08 bits per heavy atom. The van der Waals surface area contributed by atoms with Gasteiger partial charge in [-0.2, -0.15) is 0 Å². The first-order valence-electron chi connectivity index (χ1n) is 10.8. The van der Waals surface area contributed by atoms with E-state index in [1.54, 1.807) is 0 Å². The first-order chi connectivity index (χ1) is 12.1. The number of nitrogens with one attached hydrogen (secondary N) is 1. The van der Waals surface area contributed by atoms with E-state index in [2.05, 4.69) is 20.8 Å². The zero-order valence-corrected chi connectivity index (χ0v) is 18.0. The van der Waals surface area contributed by atoms with Crippen LogP contribution in [0.25, 0.3) is 0 Å². The Morgan fingerprint density at radius 2 is 1.73 bits per heavy atom. The largest absolute Gasteiger partial charge is 1.00 e. The predicted octanol–water partition coefficient (Wildman–Crippen LogP) is -0.0139. The Kier molecular flexibility index (Phi) is 15.5. The monoisotopic (exact) mass is 391 g/mol. The Hall–Kier alpha value is -0.320. The molecule has 0 heterocycles. The van der Waals surface area contributed by atoms with Gasteiger partial charge in [0.15, 0.2) is 0 Å². The second kappa shape index (κ2) is 15.7. The minimum atomic E-state index is -0.534. The fourth-order valence-corrected chi connectivity index (χ4v) is 4.11. The van der Waals surface area contributed by atoms with Gasteiger partial charge in [0.25, 0.3) is 0 Å². The summed E-state index contributed by atoms with van der Waals surface area (Å²) in [6, 6.07) is 0. The zero-order valence-electron chi connectivity index (χ0n) is 17.3. The summed E-state index contributed by atoms with van der Waals surface area (Å²) in [6.07, 6.45) is 10.5. The number of halogens is 1. The van der Waals surface area contributed by atoms with Crippen molar-refractivity contribution in [3.63, 3.8) is 0 Å². The Balaban J connectivity index is 0.00000625. The fraction of sp³-hybridized carbons (Fsp3) is 0.952. The molecule has 1 saturated carbocycles. The third-order valence-electron chi connectivity index (χ3n) is 5.90. The lowest BCUT2D eigenvalue weighted by atomic mass is 9.76. The van der Waals surface area contributed by atoms with Crippen LogP contribution in [0.2, 0.25) is 0 Å². The highest BCUT2D eigenvalue weighted by Gasteiger charge is 2.36. The van der Waals surface area contributed by atoms with Gasteiger partial charge in [0, 0.05) is 0 Å². The quantitative estimate of drug-likeness (QED) is 0.343. The minimum absolute atomic E-state index is 0. The van der Waals surface area contributed by atoms with Crippen LogP contribution >= 0.6 is 0 Å². The molecule has 0 bridgehead atoms. The lowest BCUT2D eigenvalue weighted by molar-refractivity contribution is -0.896. The highest BCUT2D eigenvalue weighted by atomic mass is 35.5. The van der Waals surface area contributed by atoms with E-state index < -0.39 is 6.10 Å². The highest BCUT2D eigenvalue weighted by molar-refractivity contribution is 5.73. The van der Waals surface area contributed by atoms with E-state index in [4.69, 9.17) is 4.74 Å². The van der Waals surface area contributed by atoms with Crippen molar-refractivity contribution in [1.82, 2.24) is 0 Å². The third kappa shape index (κ3) is 9.57. The van der Waals surface area contributed by atoms with Gasteiger partial charge in [0.05, 0.1) is 25.1 Å². The molecule has 0 aromatic rings. The van der Waals surface area contributed by atoms with Gasteiger partial charge in [-0.25, -0.2) is 0 Å². The van der Waals surface area contributed by atoms with Crippen molar-refractivity contribution in [1.29, 1.82) is 0 Å². The molecular formula is C21H42ClNO3. The first-order valence-corrected chi connectivity index (χ1v) is 10.8. The van der Waals surface area contributed by atoms with Crippen molar-refractivity contribution < 1.29 is 31.9 Å². The van der Waals surface area contributed by atoms with Crippen molar-refractivity contribution in [2.75, 3.05) is 26.2 Å².